The van der Waals surface area contributed by atoms with Crippen LogP contribution in [0.5, 0.6) is 0 Å². The molecule has 3 N–H and O–H groups in total. The molecule has 6 rings (SSSR count). The van der Waals surface area contributed by atoms with E-state index in [-0.39, 0.29) is 28.3 Å². The number of carbonyl (C=O) groups excluding carboxylic acids is 3. The Morgan fingerprint density at radius 2 is 1.81 bits per heavy atom. The molecule has 10 nitrogen and oxygen atoms in total. The third-order valence-electron chi connectivity index (χ3n) is 6.81. The fourth-order valence-electron chi connectivity index (χ4n) is 5.44. The largest absolute Gasteiger partial charge is 0.459 e. The Hall–Kier alpha value is -4.99. The lowest BCUT2D eigenvalue weighted by Gasteiger charge is -2.38. The van der Waals surface area contributed by atoms with E-state index in [2.05, 4.69) is 5.32 Å². The maximum Gasteiger partial charge on any atom is 0.341 e. The SMILES string of the molecule is CC(C)OC(=O)C1=C(N)OC2=C(C(=O)c3cccc4cccc2c34)C12C(=O)Nc1ccc([N+](=O)[O-])cc12. The quantitative estimate of drug-likeness (QED) is 0.316. The molecule has 1 spiro atoms. The molecule has 2 aliphatic heterocycles. The van der Waals surface area contributed by atoms with Crippen molar-refractivity contribution in [1.82, 2.24) is 0 Å². The summed E-state index contributed by atoms with van der Waals surface area (Å²) in [5.41, 5.74) is 4.36. The summed E-state index contributed by atoms with van der Waals surface area (Å²) in [5, 5.41) is 15.8. The number of nitrogens with zero attached hydrogens (tertiary/aromatic N) is 1. The second-order valence-electron chi connectivity index (χ2n) is 9.23. The van der Waals surface area contributed by atoms with Gasteiger partial charge in [-0.1, -0.05) is 36.4 Å². The van der Waals surface area contributed by atoms with Crippen LogP contribution < -0.4 is 11.1 Å². The fraction of sp³-hybridized carbons (Fsp3) is 0.148. The number of benzene rings is 3. The van der Waals surface area contributed by atoms with E-state index < -0.39 is 45.6 Å². The molecule has 1 aliphatic carbocycles. The van der Waals surface area contributed by atoms with Crippen LogP contribution in [0.1, 0.15) is 35.3 Å². The van der Waals surface area contributed by atoms with E-state index in [1.54, 1.807) is 38.1 Å². The van der Waals surface area contributed by atoms with E-state index >= 15 is 0 Å². The van der Waals surface area contributed by atoms with Crippen molar-refractivity contribution < 1.29 is 28.8 Å². The molecule has 0 fully saturated rings. The third-order valence-corrected chi connectivity index (χ3v) is 6.81. The van der Waals surface area contributed by atoms with Crippen LogP contribution in [0, 0.1) is 10.1 Å². The molecule has 1 unspecified atom stereocenters. The number of ketones is 1. The van der Waals surface area contributed by atoms with Crippen molar-refractivity contribution in [1.29, 1.82) is 0 Å². The van der Waals surface area contributed by atoms with Crippen LogP contribution in [0.25, 0.3) is 16.5 Å². The zero-order chi connectivity index (χ0) is 26.2. The number of nitrogens with one attached hydrogen (secondary N) is 1. The Bertz CT molecular complexity index is 1680. The zero-order valence-electron chi connectivity index (χ0n) is 19.7. The van der Waals surface area contributed by atoms with Gasteiger partial charge in [0.05, 0.1) is 16.6 Å². The van der Waals surface area contributed by atoms with Crippen LogP contribution in [0.2, 0.25) is 0 Å². The second-order valence-corrected chi connectivity index (χ2v) is 9.23. The van der Waals surface area contributed by atoms with Gasteiger partial charge in [-0.05, 0) is 25.3 Å². The number of Topliss-reactive ketones (excluding diaryl/α,β-unsaturated/α-hetero) is 1. The minimum atomic E-state index is -2.14. The molecule has 37 heavy (non-hydrogen) atoms. The normalized spacial score (nSPS) is 19.6. The van der Waals surface area contributed by atoms with Gasteiger partial charge < -0.3 is 20.5 Å². The van der Waals surface area contributed by atoms with E-state index in [1.165, 1.54) is 18.2 Å². The molecule has 3 aromatic carbocycles. The minimum Gasteiger partial charge on any atom is -0.459 e. The van der Waals surface area contributed by atoms with Gasteiger partial charge in [0.25, 0.3) is 5.69 Å². The van der Waals surface area contributed by atoms with Crippen LogP contribution in [-0.2, 0) is 24.5 Å². The Kier molecular flexibility index (Phi) is 4.56. The third kappa shape index (κ3) is 2.83. The number of carbonyl (C=O) groups is 3. The van der Waals surface area contributed by atoms with E-state index in [0.717, 1.165) is 5.39 Å². The first kappa shape index (κ1) is 22.5. The van der Waals surface area contributed by atoms with E-state index in [0.29, 0.717) is 16.5 Å². The number of ether oxygens (including phenoxy) is 2. The second kappa shape index (κ2) is 7.50. The van der Waals surface area contributed by atoms with Crippen LogP contribution in [0.15, 0.2) is 71.6 Å². The smallest absolute Gasteiger partial charge is 0.341 e. The Morgan fingerprint density at radius 3 is 2.49 bits per heavy atom. The highest BCUT2D eigenvalue weighted by atomic mass is 16.6. The number of esters is 1. The first-order valence-electron chi connectivity index (χ1n) is 11.5. The summed E-state index contributed by atoms with van der Waals surface area (Å²) >= 11 is 0. The van der Waals surface area contributed by atoms with Crippen molar-refractivity contribution in [2.45, 2.75) is 25.4 Å². The van der Waals surface area contributed by atoms with Gasteiger partial charge in [-0.3, -0.25) is 19.7 Å². The van der Waals surface area contributed by atoms with Crippen molar-refractivity contribution in [2.75, 3.05) is 5.32 Å². The molecule has 1 amide bonds. The van der Waals surface area contributed by atoms with Gasteiger partial charge in [0, 0.05) is 39.9 Å². The minimum absolute atomic E-state index is 0.0161. The van der Waals surface area contributed by atoms with Crippen molar-refractivity contribution in [2.24, 2.45) is 5.73 Å². The Morgan fingerprint density at radius 1 is 1.11 bits per heavy atom. The van der Waals surface area contributed by atoms with Crippen molar-refractivity contribution in [3.8, 4) is 0 Å². The highest BCUT2D eigenvalue weighted by Crippen LogP contribution is 2.57. The van der Waals surface area contributed by atoms with Crippen LogP contribution in [-0.4, -0.2) is 28.7 Å². The molecular weight excluding hydrogens is 478 g/mol. The summed E-state index contributed by atoms with van der Waals surface area (Å²) in [6.07, 6.45) is -0.592. The molecule has 2 heterocycles. The van der Waals surface area contributed by atoms with Gasteiger partial charge in [0.1, 0.15) is 16.7 Å². The number of fused-ring (bicyclic) bond motifs is 4. The average Bonchev–Trinajstić information content (AvgIpc) is 3.12. The monoisotopic (exact) mass is 497 g/mol. The number of rotatable bonds is 3. The van der Waals surface area contributed by atoms with Gasteiger partial charge in [-0.15, -0.1) is 0 Å². The first-order chi connectivity index (χ1) is 17.7. The molecule has 0 saturated heterocycles. The van der Waals surface area contributed by atoms with Gasteiger partial charge in [-0.2, -0.15) is 0 Å². The number of nitro benzene ring substituents is 1. The van der Waals surface area contributed by atoms with E-state index in [4.69, 9.17) is 15.2 Å². The molecule has 0 saturated carbocycles. The average molecular weight is 497 g/mol. The molecule has 0 radical (unpaired) electrons. The summed E-state index contributed by atoms with van der Waals surface area (Å²) in [7, 11) is 0. The lowest BCUT2D eigenvalue weighted by Crippen LogP contribution is -2.49. The predicted molar refractivity (Wildman–Crippen MR) is 132 cm³/mol. The van der Waals surface area contributed by atoms with Gasteiger partial charge in [-0.25, -0.2) is 4.79 Å². The van der Waals surface area contributed by atoms with Crippen LogP contribution in [0.3, 0.4) is 0 Å². The van der Waals surface area contributed by atoms with Crippen molar-refractivity contribution in [3.05, 3.63) is 98.4 Å². The number of nitro groups is 1. The molecule has 3 aromatic rings. The predicted octanol–water partition coefficient (Wildman–Crippen LogP) is 3.70. The van der Waals surface area contributed by atoms with E-state index in [1.807, 2.05) is 12.1 Å². The van der Waals surface area contributed by atoms with Gasteiger partial charge in [0.15, 0.2) is 5.78 Å². The number of hydrogen-bond donors (Lipinski definition) is 2. The molecule has 3 aliphatic rings. The van der Waals surface area contributed by atoms with Gasteiger partial charge >= 0.3 is 5.97 Å². The molecule has 10 heteroatoms. The zero-order valence-corrected chi connectivity index (χ0v) is 19.7. The molecule has 1 atom stereocenters. The highest BCUT2D eigenvalue weighted by molar-refractivity contribution is 6.32. The maximum atomic E-state index is 14.2. The number of nitrogens with two attached hydrogens (primary N) is 1. The highest BCUT2D eigenvalue weighted by Gasteiger charge is 2.63. The summed E-state index contributed by atoms with van der Waals surface area (Å²) in [6, 6.07) is 14.3. The summed E-state index contributed by atoms with van der Waals surface area (Å²) < 4.78 is 11.4. The van der Waals surface area contributed by atoms with Crippen molar-refractivity contribution in [3.63, 3.8) is 0 Å². The standard InChI is InChI=1S/C27H19N3O7/c1-12(2)36-25(32)21-24(28)37-23-16-8-4-6-13-5-3-7-15(19(13)16)22(31)20(23)27(21)17-11-14(30(34)35)9-10-18(17)29-26(27)33/h3-12H,28H2,1-2H3,(H,29,33). The lowest BCUT2D eigenvalue weighted by atomic mass is 9.64. The molecule has 184 valence electrons. The lowest BCUT2D eigenvalue weighted by molar-refractivity contribution is -0.384. The Labute approximate surface area is 209 Å². The number of hydrogen-bond acceptors (Lipinski definition) is 8. The number of anilines is 1. The first-order valence-corrected chi connectivity index (χ1v) is 11.5. The molecular formula is C27H19N3O7. The van der Waals surface area contributed by atoms with E-state index in [9.17, 15) is 24.5 Å². The van der Waals surface area contributed by atoms with Gasteiger partial charge in [0.2, 0.25) is 11.8 Å². The molecule has 0 bridgehead atoms. The topological polar surface area (TPSA) is 151 Å². The Balaban J connectivity index is 1.76. The summed E-state index contributed by atoms with van der Waals surface area (Å²) in [4.78, 5) is 52.7. The van der Waals surface area contributed by atoms with Crippen LogP contribution in [0.4, 0.5) is 11.4 Å². The van der Waals surface area contributed by atoms with Crippen molar-refractivity contribution >= 4 is 45.6 Å². The maximum absolute atomic E-state index is 14.2. The van der Waals surface area contributed by atoms with Crippen LogP contribution >= 0.6 is 0 Å². The summed E-state index contributed by atoms with van der Waals surface area (Å²) in [6.45, 7) is 3.23. The summed E-state index contributed by atoms with van der Waals surface area (Å²) in [5.74, 6) is -2.71. The molecule has 0 aromatic heterocycles. The number of non-ortho nitro benzene ring substituents is 1. The number of amides is 1. The fourth-order valence-corrected chi connectivity index (χ4v) is 5.44.